The molecule has 0 atom stereocenters. The van der Waals surface area contributed by atoms with Gasteiger partial charge in [0.15, 0.2) is 0 Å². The van der Waals surface area contributed by atoms with Crippen LogP contribution in [0.2, 0.25) is 0 Å². The van der Waals surface area contributed by atoms with Crippen molar-refractivity contribution in [1.82, 2.24) is 0 Å². The summed E-state index contributed by atoms with van der Waals surface area (Å²) in [5.74, 6) is 1.07. The molecule has 9 heavy (non-hydrogen) atoms. The van der Waals surface area contributed by atoms with Gasteiger partial charge in [0.25, 0.3) is 0 Å². The van der Waals surface area contributed by atoms with Gasteiger partial charge in [0.05, 0.1) is 0 Å². The summed E-state index contributed by atoms with van der Waals surface area (Å²) in [6.07, 6.45) is 1.82. The lowest BCUT2D eigenvalue weighted by Crippen LogP contribution is -1.72. The fourth-order valence-electron chi connectivity index (χ4n) is 0.338. The lowest BCUT2D eigenvalue weighted by molar-refractivity contribution is 1.52. The minimum Gasteiger partial charge on any atom is -0.136 e. The third kappa shape index (κ3) is 3.71. The molecule has 0 heterocycles. The molecule has 52 valence electrons. The monoisotopic (exact) mass is 160 g/mol. The third-order valence-electron chi connectivity index (χ3n) is 0.925. The zero-order valence-corrected chi connectivity index (χ0v) is 7.56. The second-order valence-corrected chi connectivity index (χ2v) is 3.65. The molecule has 2 heteroatoms. The summed E-state index contributed by atoms with van der Waals surface area (Å²) >= 11 is 5.99. The summed E-state index contributed by atoms with van der Waals surface area (Å²) in [5.41, 5.74) is 1.16. The van der Waals surface area contributed by atoms with E-state index in [1.54, 1.807) is 11.8 Å². The number of hydrogen-bond acceptors (Lipinski definition) is 2. The van der Waals surface area contributed by atoms with Gasteiger partial charge in [-0.05, 0) is 18.2 Å². The highest BCUT2D eigenvalue weighted by Gasteiger charge is 1.90. The molecular weight excluding hydrogens is 148 g/mol. The Bertz CT molecular complexity index is 125. The highest BCUT2D eigenvalue weighted by atomic mass is 32.2. The van der Waals surface area contributed by atoms with Gasteiger partial charge in [0.2, 0.25) is 0 Å². The molecule has 0 aliphatic heterocycles. The second kappa shape index (κ2) is 5.00. The maximum atomic E-state index is 4.26. The first-order valence-corrected chi connectivity index (χ1v) is 4.30. The minimum absolute atomic E-state index is 1.07. The van der Waals surface area contributed by atoms with Crippen molar-refractivity contribution in [2.75, 3.05) is 5.75 Å². The van der Waals surface area contributed by atoms with E-state index >= 15 is 0 Å². The zero-order chi connectivity index (χ0) is 7.28. The lowest BCUT2D eigenvalue weighted by Gasteiger charge is -1.97. The average molecular weight is 160 g/mol. The molecule has 0 saturated heterocycles. The smallest absolute Gasteiger partial charge is 0.0399 e. The maximum absolute atomic E-state index is 4.26. The molecule has 0 aromatic heterocycles. The van der Waals surface area contributed by atoms with E-state index in [0.717, 1.165) is 15.6 Å². The normalized spacial score (nSPS) is 12.8. The molecule has 0 aliphatic rings. The number of allylic oxidation sites excluding steroid dienone is 2. The molecule has 0 radical (unpaired) electrons. The molecule has 0 bridgehead atoms. The first-order chi connectivity index (χ1) is 4.22. The first kappa shape index (κ1) is 9.18. The molecule has 0 aromatic carbocycles. The predicted octanol–water partition coefficient (Wildman–Crippen LogP) is 3.09. The Labute approximate surface area is 66.8 Å². The van der Waals surface area contributed by atoms with Crippen LogP contribution in [0.25, 0.3) is 0 Å². The minimum atomic E-state index is 1.07. The summed E-state index contributed by atoms with van der Waals surface area (Å²) in [4.78, 5) is 0. The molecule has 0 spiro atoms. The van der Waals surface area contributed by atoms with Crippen molar-refractivity contribution in [1.29, 1.82) is 0 Å². The lowest BCUT2D eigenvalue weighted by atomic mass is 10.4. The van der Waals surface area contributed by atoms with Gasteiger partial charge in [-0.25, -0.2) is 0 Å². The van der Waals surface area contributed by atoms with Gasteiger partial charge >= 0.3 is 0 Å². The molecule has 0 rings (SSSR count). The quantitative estimate of drug-likeness (QED) is 0.489. The van der Waals surface area contributed by atoms with E-state index in [0.29, 0.717) is 0 Å². The van der Waals surface area contributed by atoms with Crippen LogP contribution in [0.4, 0.5) is 0 Å². The molecule has 0 aliphatic carbocycles. The van der Waals surface area contributed by atoms with Crippen LogP contribution in [0.3, 0.4) is 0 Å². The van der Waals surface area contributed by atoms with Gasteiger partial charge in [0, 0.05) is 4.24 Å². The van der Waals surface area contributed by atoms with E-state index in [1.165, 1.54) is 0 Å². The van der Waals surface area contributed by atoms with Crippen LogP contribution in [0.1, 0.15) is 13.8 Å². The summed E-state index contributed by atoms with van der Waals surface area (Å²) < 4.78 is 1.08. The molecule has 0 nitrogen and oxygen atoms in total. The van der Waals surface area contributed by atoms with Crippen LogP contribution in [0, 0.1) is 0 Å². The number of thioether (sulfide) groups is 1. The topological polar surface area (TPSA) is 0 Å². The summed E-state index contributed by atoms with van der Waals surface area (Å²) in [6.45, 7) is 7.76. The predicted molar refractivity (Wildman–Crippen MR) is 50.0 cm³/mol. The SMILES string of the molecule is C=C/C(C)=C(/S)SCC. The first-order valence-electron chi connectivity index (χ1n) is 2.87. The van der Waals surface area contributed by atoms with Gasteiger partial charge in [-0.15, -0.1) is 24.4 Å². The van der Waals surface area contributed by atoms with Gasteiger partial charge in [-0.3, -0.25) is 0 Å². The molecule has 0 N–H and O–H groups in total. The van der Waals surface area contributed by atoms with Crippen molar-refractivity contribution in [3.63, 3.8) is 0 Å². The summed E-state index contributed by atoms with van der Waals surface area (Å²) in [5, 5.41) is 0. The molecule has 0 fully saturated rings. The number of hydrogen-bond donors (Lipinski definition) is 1. The van der Waals surface area contributed by atoms with Gasteiger partial charge in [-0.2, -0.15) is 0 Å². The van der Waals surface area contributed by atoms with Crippen molar-refractivity contribution in [2.45, 2.75) is 13.8 Å². The van der Waals surface area contributed by atoms with Crippen molar-refractivity contribution in [3.8, 4) is 0 Å². The Morgan fingerprint density at radius 2 is 2.33 bits per heavy atom. The van der Waals surface area contributed by atoms with Crippen molar-refractivity contribution >= 4 is 24.4 Å². The van der Waals surface area contributed by atoms with Crippen molar-refractivity contribution in [3.05, 3.63) is 22.5 Å². The van der Waals surface area contributed by atoms with Crippen LogP contribution in [0.5, 0.6) is 0 Å². The average Bonchev–Trinajstić information content (AvgIpc) is 1.87. The van der Waals surface area contributed by atoms with Crippen molar-refractivity contribution < 1.29 is 0 Å². The Balaban J connectivity index is 3.93. The Hall–Kier alpha value is 0.180. The number of rotatable bonds is 3. The van der Waals surface area contributed by atoms with E-state index in [9.17, 15) is 0 Å². The largest absolute Gasteiger partial charge is 0.136 e. The fourth-order valence-corrected chi connectivity index (χ4v) is 1.40. The van der Waals surface area contributed by atoms with Crippen LogP contribution < -0.4 is 0 Å². The maximum Gasteiger partial charge on any atom is 0.0399 e. The van der Waals surface area contributed by atoms with Gasteiger partial charge < -0.3 is 0 Å². The standard InChI is InChI=1S/C7H12S2/c1-4-6(3)7(8)9-5-2/h4,8H,1,5H2,2-3H3/b7-6-. The molecule has 0 amide bonds. The van der Waals surface area contributed by atoms with Crippen LogP contribution in [0.15, 0.2) is 22.5 Å². The second-order valence-electron chi connectivity index (χ2n) is 1.63. The van der Waals surface area contributed by atoms with Crippen LogP contribution >= 0.6 is 24.4 Å². The molecule has 0 aromatic rings. The Kier molecular flexibility index (Phi) is 5.10. The van der Waals surface area contributed by atoms with Gasteiger partial charge in [-0.1, -0.05) is 19.6 Å². The molecule has 0 unspecified atom stereocenters. The highest BCUT2D eigenvalue weighted by molar-refractivity contribution is 8.15. The van der Waals surface area contributed by atoms with Crippen LogP contribution in [-0.2, 0) is 0 Å². The fraction of sp³-hybridized carbons (Fsp3) is 0.429. The third-order valence-corrected chi connectivity index (χ3v) is 2.55. The number of thiol groups is 1. The highest BCUT2D eigenvalue weighted by Crippen LogP contribution is 2.22. The van der Waals surface area contributed by atoms with E-state index in [2.05, 4.69) is 26.1 Å². The van der Waals surface area contributed by atoms with E-state index < -0.39 is 0 Å². The Morgan fingerprint density at radius 1 is 1.78 bits per heavy atom. The zero-order valence-electron chi connectivity index (χ0n) is 5.85. The van der Waals surface area contributed by atoms with Crippen molar-refractivity contribution in [2.24, 2.45) is 0 Å². The Morgan fingerprint density at radius 3 is 2.67 bits per heavy atom. The van der Waals surface area contributed by atoms with Gasteiger partial charge in [0.1, 0.15) is 0 Å². The summed E-state index contributed by atoms with van der Waals surface area (Å²) in [7, 11) is 0. The summed E-state index contributed by atoms with van der Waals surface area (Å²) in [6, 6.07) is 0. The van der Waals surface area contributed by atoms with Crippen LogP contribution in [-0.4, -0.2) is 5.75 Å². The van der Waals surface area contributed by atoms with E-state index in [4.69, 9.17) is 0 Å². The molecule has 0 saturated carbocycles. The van der Waals surface area contributed by atoms with E-state index in [-0.39, 0.29) is 0 Å². The van der Waals surface area contributed by atoms with E-state index in [1.807, 2.05) is 13.0 Å². The molecular formula is C7H12S2.